The van der Waals surface area contributed by atoms with Gasteiger partial charge in [-0.05, 0) is 43.2 Å². The van der Waals surface area contributed by atoms with Crippen LogP contribution in [-0.4, -0.2) is 62.7 Å². The Bertz CT molecular complexity index is 816. The molecule has 1 aromatic carbocycles. The molecule has 0 atom stereocenters. The second kappa shape index (κ2) is 8.39. The van der Waals surface area contributed by atoms with Crippen molar-refractivity contribution in [2.24, 2.45) is 0 Å². The number of nitrogens with one attached hydrogen (secondary N) is 1. The second-order valence-electron chi connectivity index (χ2n) is 6.79. The summed E-state index contributed by atoms with van der Waals surface area (Å²) < 4.78 is 5.49. The van der Waals surface area contributed by atoms with Crippen LogP contribution in [0.3, 0.4) is 0 Å². The highest BCUT2D eigenvalue weighted by Crippen LogP contribution is 2.31. The lowest BCUT2D eigenvalue weighted by atomic mass is 10.00. The maximum absolute atomic E-state index is 12.8. The first-order valence-corrected chi connectivity index (χ1v) is 9.42. The van der Waals surface area contributed by atoms with E-state index < -0.39 is 0 Å². The van der Waals surface area contributed by atoms with E-state index in [4.69, 9.17) is 4.74 Å². The topological polar surface area (TPSA) is 57.7 Å². The van der Waals surface area contributed by atoms with Crippen LogP contribution < -0.4 is 10.2 Å². The van der Waals surface area contributed by atoms with Gasteiger partial charge in [0.2, 0.25) is 0 Å². The molecule has 1 amide bonds. The molecule has 3 rings (SSSR count). The number of carbonyl (C=O) groups is 1. The highest BCUT2D eigenvalue weighted by Gasteiger charge is 2.23. The van der Waals surface area contributed by atoms with Crippen LogP contribution >= 0.6 is 0 Å². The van der Waals surface area contributed by atoms with E-state index in [0.29, 0.717) is 25.5 Å². The minimum absolute atomic E-state index is 0.0498. The van der Waals surface area contributed by atoms with E-state index in [9.17, 15) is 4.79 Å². The maximum atomic E-state index is 12.8. The molecule has 1 N–H and O–H groups in total. The fraction of sp³-hybridized carbons (Fsp3) is 0.429. The molecule has 27 heavy (non-hydrogen) atoms. The molecule has 6 heteroatoms. The van der Waals surface area contributed by atoms with E-state index in [1.807, 2.05) is 27.2 Å². The Balaban J connectivity index is 2.09. The normalized spacial score (nSPS) is 14.1. The van der Waals surface area contributed by atoms with Gasteiger partial charge in [-0.3, -0.25) is 4.79 Å². The highest BCUT2D eigenvalue weighted by atomic mass is 16.5. The third kappa shape index (κ3) is 4.06. The average molecular weight is 368 g/mol. The van der Waals surface area contributed by atoms with E-state index in [1.54, 1.807) is 4.90 Å². The number of pyridine rings is 1. The summed E-state index contributed by atoms with van der Waals surface area (Å²) in [7, 11) is 3.72. The number of nitrogens with zero attached hydrogens (tertiary/aromatic N) is 3. The SMILES string of the molecule is CCN(C)C(=O)c1ncc(-c2cc(NC)ccc2C)cc1N1CCOCC1. The summed E-state index contributed by atoms with van der Waals surface area (Å²) in [6, 6.07) is 8.37. The van der Waals surface area contributed by atoms with E-state index >= 15 is 0 Å². The van der Waals surface area contributed by atoms with Crippen molar-refractivity contribution in [3.05, 3.63) is 41.7 Å². The van der Waals surface area contributed by atoms with Crippen LogP contribution in [-0.2, 0) is 4.74 Å². The Morgan fingerprint density at radius 1 is 1.30 bits per heavy atom. The molecule has 6 nitrogen and oxygen atoms in total. The van der Waals surface area contributed by atoms with Gasteiger partial charge in [0, 0.05) is 51.2 Å². The minimum atomic E-state index is -0.0498. The lowest BCUT2D eigenvalue weighted by Gasteiger charge is -2.31. The number of amides is 1. The van der Waals surface area contributed by atoms with Gasteiger partial charge in [-0.1, -0.05) is 6.07 Å². The van der Waals surface area contributed by atoms with Crippen LogP contribution in [0.4, 0.5) is 11.4 Å². The molecule has 0 aliphatic carbocycles. The van der Waals surface area contributed by atoms with Crippen molar-refractivity contribution >= 4 is 17.3 Å². The van der Waals surface area contributed by atoms with Crippen molar-refractivity contribution in [3.63, 3.8) is 0 Å². The van der Waals surface area contributed by atoms with E-state index in [-0.39, 0.29) is 5.91 Å². The number of aryl methyl sites for hydroxylation is 1. The van der Waals surface area contributed by atoms with Crippen LogP contribution in [0.1, 0.15) is 23.0 Å². The van der Waals surface area contributed by atoms with Gasteiger partial charge in [-0.15, -0.1) is 0 Å². The Labute approximate surface area is 161 Å². The van der Waals surface area contributed by atoms with Crippen LogP contribution in [0.2, 0.25) is 0 Å². The Morgan fingerprint density at radius 3 is 2.70 bits per heavy atom. The molecule has 1 aliphatic rings. The number of morpholine rings is 1. The molecule has 2 heterocycles. The quantitative estimate of drug-likeness (QED) is 0.879. The van der Waals surface area contributed by atoms with Crippen LogP contribution in [0, 0.1) is 6.92 Å². The zero-order valence-electron chi connectivity index (χ0n) is 16.6. The largest absolute Gasteiger partial charge is 0.388 e. The minimum Gasteiger partial charge on any atom is -0.388 e. The zero-order chi connectivity index (χ0) is 19.4. The smallest absolute Gasteiger partial charge is 0.274 e. The fourth-order valence-corrected chi connectivity index (χ4v) is 3.22. The van der Waals surface area contributed by atoms with Gasteiger partial charge in [-0.25, -0.2) is 4.98 Å². The number of hydrogen-bond donors (Lipinski definition) is 1. The maximum Gasteiger partial charge on any atom is 0.274 e. The van der Waals surface area contributed by atoms with Crippen molar-refractivity contribution in [2.75, 3.05) is 57.2 Å². The standard InChI is InChI=1S/C21H28N4O2/c1-5-24(4)21(26)20-19(25-8-10-27-11-9-25)12-16(14-23-20)18-13-17(22-3)7-6-15(18)2/h6-7,12-14,22H,5,8-11H2,1-4H3. The first-order valence-electron chi connectivity index (χ1n) is 9.42. The summed E-state index contributed by atoms with van der Waals surface area (Å²) in [5, 5.41) is 3.19. The molecule has 0 radical (unpaired) electrons. The number of aromatic nitrogens is 1. The Morgan fingerprint density at radius 2 is 2.04 bits per heavy atom. The van der Waals surface area contributed by atoms with Gasteiger partial charge in [0.15, 0.2) is 5.69 Å². The molecule has 1 saturated heterocycles. The number of anilines is 2. The lowest BCUT2D eigenvalue weighted by molar-refractivity contribution is 0.0796. The van der Waals surface area contributed by atoms with Crippen molar-refractivity contribution in [2.45, 2.75) is 13.8 Å². The Kier molecular flexibility index (Phi) is 5.96. The summed E-state index contributed by atoms with van der Waals surface area (Å²) in [5.41, 5.74) is 5.75. The Hall–Kier alpha value is -2.60. The van der Waals surface area contributed by atoms with Gasteiger partial charge in [0.1, 0.15) is 0 Å². The molecule has 1 fully saturated rings. The number of hydrogen-bond acceptors (Lipinski definition) is 5. The van der Waals surface area contributed by atoms with E-state index in [2.05, 4.69) is 46.4 Å². The number of ether oxygens (including phenoxy) is 1. The van der Waals surface area contributed by atoms with Gasteiger partial charge in [0.25, 0.3) is 5.91 Å². The molecule has 0 bridgehead atoms. The second-order valence-corrected chi connectivity index (χ2v) is 6.79. The predicted octanol–water partition coefficient (Wildman–Crippen LogP) is 3.03. The van der Waals surface area contributed by atoms with Gasteiger partial charge >= 0.3 is 0 Å². The fourth-order valence-electron chi connectivity index (χ4n) is 3.22. The van der Waals surface area contributed by atoms with Crippen molar-refractivity contribution < 1.29 is 9.53 Å². The first kappa shape index (κ1) is 19.2. The molecule has 0 unspecified atom stereocenters. The van der Waals surface area contributed by atoms with Crippen molar-refractivity contribution in [1.82, 2.24) is 9.88 Å². The first-order chi connectivity index (χ1) is 13.0. The lowest BCUT2D eigenvalue weighted by Crippen LogP contribution is -2.38. The summed E-state index contributed by atoms with van der Waals surface area (Å²) in [6.07, 6.45) is 1.81. The molecule has 2 aromatic rings. The van der Waals surface area contributed by atoms with E-state index in [0.717, 1.165) is 35.6 Å². The summed E-state index contributed by atoms with van der Waals surface area (Å²) >= 11 is 0. The summed E-state index contributed by atoms with van der Waals surface area (Å²) in [5.74, 6) is -0.0498. The number of benzene rings is 1. The van der Waals surface area contributed by atoms with Gasteiger partial charge in [-0.2, -0.15) is 0 Å². The summed E-state index contributed by atoms with van der Waals surface area (Å²) in [6.45, 7) is 7.55. The molecule has 1 aliphatic heterocycles. The molecule has 0 spiro atoms. The monoisotopic (exact) mass is 368 g/mol. The van der Waals surface area contributed by atoms with Crippen molar-refractivity contribution in [1.29, 1.82) is 0 Å². The molecular weight excluding hydrogens is 340 g/mol. The predicted molar refractivity (Wildman–Crippen MR) is 110 cm³/mol. The summed E-state index contributed by atoms with van der Waals surface area (Å²) in [4.78, 5) is 21.3. The molecule has 144 valence electrons. The van der Waals surface area contributed by atoms with Crippen LogP contribution in [0.25, 0.3) is 11.1 Å². The van der Waals surface area contributed by atoms with Gasteiger partial charge in [0.05, 0.1) is 18.9 Å². The van der Waals surface area contributed by atoms with Gasteiger partial charge < -0.3 is 19.9 Å². The van der Waals surface area contributed by atoms with Crippen LogP contribution in [0.5, 0.6) is 0 Å². The molecular formula is C21H28N4O2. The third-order valence-corrected chi connectivity index (χ3v) is 5.08. The zero-order valence-corrected chi connectivity index (χ0v) is 16.6. The van der Waals surface area contributed by atoms with E-state index in [1.165, 1.54) is 5.56 Å². The third-order valence-electron chi connectivity index (χ3n) is 5.08. The average Bonchev–Trinajstić information content (AvgIpc) is 2.73. The molecule has 0 saturated carbocycles. The number of rotatable bonds is 5. The highest BCUT2D eigenvalue weighted by molar-refractivity contribution is 5.98. The van der Waals surface area contributed by atoms with Crippen LogP contribution in [0.15, 0.2) is 30.5 Å². The molecule has 1 aromatic heterocycles. The van der Waals surface area contributed by atoms with Crippen molar-refractivity contribution in [3.8, 4) is 11.1 Å². The number of carbonyl (C=O) groups excluding carboxylic acids is 1.